The van der Waals surface area contributed by atoms with Gasteiger partial charge in [-0.15, -0.1) is 0 Å². The number of hydrogen-bond donors (Lipinski definition) is 1. The minimum atomic E-state index is -3.58. The Morgan fingerprint density at radius 3 is 2.59 bits per heavy atom. The lowest BCUT2D eigenvalue weighted by Crippen LogP contribution is -2.39. The lowest BCUT2D eigenvalue weighted by atomic mass is 10.0. The van der Waals surface area contributed by atoms with E-state index in [9.17, 15) is 18.3 Å². The number of aliphatic hydroxyl groups excluding tert-OH is 1. The first-order chi connectivity index (χ1) is 15.2. The molecule has 1 aliphatic rings. The summed E-state index contributed by atoms with van der Waals surface area (Å²) in [6.45, 7) is 2.79. The van der Waals surface area contributed by atoms with E-state index in [0.29, 0.717) is 23.9 Å². The number of rotatable bonds is 6. The molecule has 32 heavy (non-hydrogen) atoms. The lowest BCUT2D eigenvalue weighted by Gasteiger charge is -2.33. The minimum Gasteiger partial charge on any atom is -0.385 e. The third-order valence-electron chi connectivity index (χ3n) is 6.00. The van der Waals surface area contributed by atoms with Gasteiger partial charge in [-0.1, -0.05) is 23.7 Å². The molecule has 1 unspecified atom stereocenters. The van der Waals surface area contributed by atoms with Crippen LogP contribution < -0.4 is 0 Å². The standard InChI is InChI=1S/C23H26ClN3O4S/c1-16(28)23-25-9-12-27(23)20-6-10-26(11-7-20)22(29)8-13-32(30,31)21-5-3-17-14-19(24)4-2-18(17)15-21/h2-5,9,12,14-16,20,28H,6-8,10-11,13H2,1H3. The van der Waals surface area contributed by atoms with Crippen molar-refractivity contribution < 1.29 is 18.3 Å². The van der Waals surface area contributed by atoms with Gasteiger partial charge >= 0.3 is 0 Å². The summed E-state index contributed by atoms with van der Waals surface area (Å²) in [5, 5.41) is 12.1. The van der Waals surface area contributed by atoms with Gasteiger partial charge in [-0.3, -0.25) is 4.79 Å². The first-order valence-corrected chi connectivity index (χ1v) is 12.7. The van der Waals surface area contributed by atoms with Gasteiger partial charge in [0.25, 0.3) is 0 Å². The van der Waals surface area contributed by atoms with E-state index in [4.69, 9.17) is 11.6 Å². The minimum absolute atomic E-state index is 0.0460. The fourth-order valence-corrected chi connectivity index (χ4v) is 5.68. The third kappa shape index (κ3) is 4.82. The number of nitrogens with zero attached hydrogens (tertiary/aromatic N) is 3. The van der Waals surface area contributed by atoms with Crippen LogP contribution in [-0.4, -0.2) is 52.7 Å². The molecule has 1 amide bonds. The van der Waals surface area contributed by atoms with Crippen LogP contribution in [0.4, 0.5) is 0 Å². The Kier molecular flexibility index (Phi) is 6.55. The zero-order chi connectivity index (χ0) is 22.9. The van der Waals surface area contributed by atoms with Crippen molar-refractivity contribution in [2.75, 3.05) is 18.8 Å². The molecular weight excluding hydrogens is 450 g/mol. The number of imidazole rings is 1. The van der Waals surface area contributed by atoms with E-state index in [0.717, 1.165) is 23.6 Å². The number of sulfone groups is 1. The van der Waals surface area contributed by atoms with E-state index in [1.807, 2.05) is 10.8 Å². The topological polar surface area (TPSA) is 92.5 Å². The number of halogens is 1. The molecule has 1 fully saturated rings. The zero-order valence-corrected chi connectivity index (χ0v) is 19.4. The Morgan fingerprint density at radius 1 is 1.19 bits per heavy atom. The van der Waals surface area contributed by atoms with Crippen molar-refractivity contribution in [3.05, 3.63) is 59.6 Å². The number of aliphatic hydroxyl groups is 1. The fourth-order valence-electron chi connectivity index (χ4n) is 4.24. The van der Waals surface area contributed by atoms with Crippen LogP contribution in [0.2, 0.25) is 5.02 Å². The molecular formula is C23H26ClN3O4S. The Bertz CT molecular complexity index is 1230. The molecule has 0 bridgehead atoms. The maximum atomic E-state index is 12.8. The Morgan fingerprint density at radius 2 is 1.88 bits per heavy atom. The van der Waals surface area contributed by atoms with Gasteiger partial charge in [0.05, 0.1) is 10.6 Å². The number of piperidine rings is 1. The van der Waals surface area contributed by atoms with Crippen molar-refractivity contribution in [3.8, 4) is 0 Å². The third-order valence-corrected chi connectivity index (χ3v) is 7.95. The van der Waals surface area contributed by atoms with Crippen molar-refractivity contribution in [1.82, 2.24) is 14.5 Å². The fraction of sp³-hybridized carbons (Fsp3) is 0.391. The molecule has 0 radical (unpaired) electrons. The molecule has 0 saturated carbocycles. The van der Waals surface area contributed by atoms with Crippen LogP contribution in [0.3, 0.4) is 0 Å². The van der Waals surface area contributed by atoms with Crippen molar-refractivity contribution in [1.29, 1.82) is 0 Å². The Labute approximate surface area is 192 Å². The van der Waals surface area contributed by atoms with Crippen LogP contribution >= 0.6 is 11.6 Å². The molecule has 170 valence electrons. The summed E-state index contributed by atoms with van der Waals surface area (Å²) in [4.78, 5) is 18.8. The summed E-state index contributed by atoms with van der Waals surface area (Å²) in [5.74, 6) is 0.248. The molecule has 9 heteroatoms. The van der Waals surface area contributed by atoms with Crippen LogP contribution in [0.1, 0.15) is 44.2 Å². The molecule has 3 aromatic rings. The molecule has 1 atom stereocenters. The monoisotopic (exact) mass is 475 g/mol. The van der Waals surface area contributed by atoms with Crippen LogP contribution in [0, 0.1) is 0 Å². The van der Waals surface area contributed by atoms with Gasteiger partial charge in [-0.05, 0) is 54.8 Å². The first kappa shape index (κ1) is 22.8. The number of likely N-dealkylation sites (tertiary alicyclic amines) is 1. The number of benzene rings is 2. The lowest BCUT2D eigenvalue weighted by molar-refractivity contribution is -0.132. The molecule has 2 heterocycles. The molecule has 4 rings (SSSR count). The van der Waals surface area contributed by atoms with Gasteiger partial charge in [-0.2, -0.15) is 0 Å². The maximum absolute atomic E-state index is 12.8. The summed E-state index contributed by atoms with van der Waals surface area (Å²) in [6, 6.07) is 10.4. The SMILES string of the molecule is CC(O)c1nccn1C1CCN(C(=O)CCS(=O)(=O)c2ccc3cc(Cl)ccc3c2)CC1. The summed E-state index contributed by atoms with van der Waals surface area (Å²) >= 11 is 5.99. The zero-order valence-electron chi connectivity index (χ0n) is 17.8. The van der Waals surface area contributed by atoms with Crippen LogP contribution in [0.5, 0.6) is 0 Å². The summed E-state index contributed by atoms with van der Waals surface area (Å²) in [6.07, 6.45) is 4.31. The van der Waals surface area contributed by atoms with E-state index in [-0.39, 0.29) is 29.0 Å². The van der Waals surface area contributed by atoms with Crippen molar-refractivity contribution >= 4 is 38.1 Å². The molecule has 1 aliphatic heterocycles. The van der Waals surface area contributed by atoms with Gasteiger partial charge in [0.15, 0.2) is 9.84 Å². The molecule has 0 spiro atoms. The number of amides is 1. The highest BCUT2D eigenvalue weighted by molar-refractivity contribution is 7.91. The molecule has 0 aliphatic carbocycles. The number of carbonyl (C=O) groups excluding carboxylic acids is 1. The van der Waals surface area contributed by atoms with Crippen LogP contribution in [-0.2, 0) is 14.6 Å². The normalized spacial score (nSPS) is 16.4. The van der Waals surface area contributed by atoms with Crippen LogP contribution in [0.25, 0.3) is 10.8 Å². The van der Waals surface area contributed by atoms with Gasteiger partial charge in [0.2, 0.25) is 5.91 Å². The second-order valence-electron chi connectivity index (χ2n) is 8.20. The highest BCUT2D eigenvalue weighted by Gasteiger charge is 2.27. The van der Waals surface area contributed by atoms with Crippen molar-refractivity contribution in [3.63, 3.8) is 0 Å². The summed E-state index contributed by atoms with van der Waals surface area (Å²) in [7, 11) is -3.58. The molecule has 1 saturated heterocycles. The predicted octanol–water partition coefficient (Wildman–Crippen LogP) is 3.77. The van der Waals surface area contributed by atoms with E-state index in [1.54, 1.807) is 54.4 Å². The summed E-state index contributed by atoms with van der Waals surface area (Å²) in [5.41, 5.74) is 0. The van der Waals surface area contributed by atoms with E-state index < -0.39 is 15.9 Å². The van der Waals surface area contributed by atoms with Crippen molar-refractivity contribution in [2.45, 2.75) is 43.2 Å². The van der Waals surface area contributed by atoms with Crippen LogP contribution in [0.15, 0.2) is 53.7 Å². The molecule has 1 aromatic heterocycles. The number of carbonyl (C=O) groups is 1. The average molecular weight is 476 g/mol. The van der Waals surface area contributed by atoms with Gasteiger partial charge in [0.1, 0.15) is 11.9 Å². The second-order valence-corrected chi connectivity index (χ2v) is 10.7. The largest absolute Gasteiger partial charge is 0.385 e. The van der Waals surface area contributed by atoms with Gasteiger partial charge < -0.3 is 14.6 Å². The highest BCUT2D eigenvalue weighted by Crippen LogP contribution is 2.27. The summed E-state index contributed by atoms with van der Waals surface area (Å²) < 4.78 is 27.6. The van der Waals surface area contributed by atoms with E-state index in [1.165, 1.54) is 0 Å². The number of aromatic nitrogens is 2. The molecule has 2 aromatic carbocycles. The Hall–Kier alpha value is -2.42. The number of hydrogen-bond acceptors (Lipinski definition) is 5. The smallest absolute Gasteiger partial charge is 0.223 e. The van der Waals surface area contributed by atoms with E-state index in [2.05, 4.69) is 4.98 Å². The van der Waals surface area contributed by atoms with Gasteiger partial charge in [-0.25, -0.2) is 13.4 Å². The maximum Gasteiger partial charge on any atom is 0.223 e. The van der Waals surface area contributed by atoms with E-state index >= 15 is 0 Å². The Balaban J connectivity index is 1.35. The number of fused-ring (bicyclic) bond motifs is 1. The average Bonchev–Trinajstić information content (AvgIpc) is 3.27. The first-order valence-electron chi connectivity index (χ1n) is 10.7. The quantitative estimate of drug-likeness (QED) is 0.585. The van der Waals surface area contributed by atoms with Gasteiger partial charge in [0, 0.05) is 43.0 Å². The second kappa shape index (κ2) is 9.21. The highest BCUT2D eigenvalue weighted by atomic mass is 35.5. The van der Waals surface area contributed by atoms with Crippen molar-refractivity contribution in [2.24, 2.45) is 0 Å². The molecule has 1 N–H and O–H groups in total. The molecule has 7 nitrogen and oxygen atoms in total. The predicted molar refractivity (Wildman–Crippen MR) is 123 cm³/mol.